The van der Waals surface area contributed by atoms with Gasteiger partial charge in [0.05, 0.1) is 17.9 Å². The SMILES string of the molecule is CC(C)CN(C)C(=O)c1ncn2c1CCC(C(=O)NC(C)C)C2. The molecular formula is C17H28N4O2. The fourth-order valence-corrected chi connectivity index (χ4v) is 3.07. The summed E-state index contributed by atoms with van der Waals surface area (Å²) in [7, 11) is 1.82. The average Bonchev–Trinajstić information content (AvgIpc) is 2.87. The highest BCUT2D eigenvalue weighted by atomic mass is 16.2. The van der Waals surface area contributed by atoms with Crippen molar-refractivity contribution in [1.29, 1.82) is 0 Å². The molecule has 1 atom stereocenters. The van der Waals surface area contributed by atoms with Crippen LogP contribution in [0.2, 0.25) is 0 Å². The van der Waals surface area contributed by atoms with Gasteiger partial charge in [-0.3, -0.25) is 9.59 Å². The molecule has 1 aromatic rings. The first-order chi connectivity index (χ1) is 10.8. The minimum Gasteiger partial charge on any atom is -0.354 e. The maximum Gasteiger partial charge on any atom is 0.274 e. The van der Waals surface area contributed by atoms with Gasteiger partial charge >= 0.3 is 0 Å². The fraction of sp³-hybridized carbons (Fsp3) is 0.706. The van der Waals surface area contributed by atoms with E-state index in [-0.39, 0.29) is 23.8 Å². The van der Waals surface area contributed by atoms with E-state index in [9.17, 15) is 9.59 Å². The number of hydrogen-bond donors (Lipinski definition) is 1. The van der Waals surface area contributed by atoms with Gasteiger partial charge < -0.3 is 14.8 Å². The van der Waals surface area contributed by atoms with Crippen LogP contribution in [0.5, 0.6) is 0 Å². The first-order valence-electron chi connectivity index (χ1n) is 8.39. The van der Waals surface area contributed by atoms with Gasteiger partial charge in [0, 0.05) is 26.2 Å². The lowest BCUT2D eigenvalue weighted by Gasteiger charge is -2.25. The second-order valence-corrected chi connectivity index (χ2v) is 7.17. The van der Waals surface area contributed by atoms with Crippen molar-refractivity contribution >= 4 is 11.8 Å². The van der Waals surface area contributed by atoms with E-state index in [1.54, 1.807) is 11.2 Å². The Balaban J connectivity index is 2.09. The predicted molar refractivity (Wildman–Crippen MR) is 89.1 cm³/mol. The third kappa shape index (κ3) is 4.12. The highest BCUT2D eigenvalue weighted by Crippen LogP contribution is 2.23. The van der Waals surface area contributed by atoms with Gasteiger partial charge in [0.2, 0.25) is 5.91 Å². The molecule has 6 heteroatoms. The summed E-state index contributed by atoms with van der Waals surface area (Å²) in [4.78, 5) is 30.8. The molecular weight excluding hydrogens is 292 g/mol. The molecule has 0 spiro atoms. The summed E-state index contributed by atoms with van der Waals surface area (Å²) in [6.45, 7) is 9.41. The van der Waals surface area contributed by atoms with E-state index in [1.807, 2.05) is 25.5 Å². The molecule has 0 saturated carbocycles. The van der Waals surface area contributed by atoms with Gasteiger partial charge in [-0.2, -0.15) is 0 Å². The molecule has 1 unspecified atom stereocenters. The fourth-order valence-electron chi connectivity index (χ4n) is 3.07. The molecule has 1 aliphatic rings. The van der Waals surface area contributed by atoms with Crippen LogP contribution in [0.15, 0.2) is 6.33 Å². The summed E-state index contributed by atoms with van der Waals surface area (Å²) in [5.74, 6) is 0.434. The lowest BCUT2D eigenvalue weighted by Crippen LogP contribution is -2.39. The van der Waals surface area contributed by atoms with E-state index < -0.39 is 0 Å². The second kappa shape index (κ2) is 7.15. The maximum atomic E-state index is 12.5. The second-order valence-electron chi connectivity index (χ2n) is 7.17. The maximum absolute atomic E-state index is 12.5. The zero-order chi connectivity index (χ0) is 17.1. The molecule has 0 aromatic carbocycles. The van der Waals surface area contributed by atoms with E-state index >= 15 is 0 Å². The van der Waals surface area contributed by atoms with Gasteiger partial charge in [-0.25, -0.2) is 4.98 Å². The van der Waals surface area contributed by atoms with Crippen molar-refractivity contribution < 1.29 is 9.59 Å². The van der Waals surface area contributed by atoms with E-state index in [4.69, 9.17) is 0 Å². The van der Waals surface area contributed by atoms with Gasteiger partial charge in [0.1, 0.15) is 5.69 Å². The monoisotopic (exact) mass is 320 g/mol. The number of aromatic nitrogens is 2. The lowest BCUT2D eigenvalue weighted by atomic mass is 9.95. The van der Waals surface area contributed by atoms with Crippen molar-refractivity contribution in [3.05, 3.63) is 17.7 Å². The number of hydrogen-bond acceptors (Lipinski definition) is 3. The molecule has 2 rings (SSSR count). The van der Waals surface area contributed by atoms with Crippen molar-refractivity contribution in [3.8, 4) is 0 Å². The van der Waals surface area contributed by atoms with Gasteiger partial charge in [-0.05, 0) is 32.6 Å². The van der Waals surface area contributed by atoms with Crippen LogP contribution < -0.4 is 5.32 Å². The molecule has 23 heavy (non-hydrogen) atoms. The number of amides is 2. The third-order valence-corrected chi connectivity index (χ3v) is 4.08. The number of nitrogens with one attached hydrogen (secondary N) is 1. The summed E-state index contributed by atoms with van der Waals surface area (Å²) in [5.41, 5.74) is 1.50. The predicted octanol–water partition coefficient (Wildman–Crippen LogP) is 1.70. The number of fused-ring (bicyclic) bond motifs is 1. The molecule has 0 saturated heterocycles. The van der Waals surface area contributed by atoms with E-state index in [2.05, 4.69) is 24.1 Å². The number of nitrogens with zero attached hydrogens (tertiary/aromatic N) is 3. The molecule has 6 nitrogen and oxygen atoms in total. The van der Waals surface area contributed by atoms with Crippen LogP contribution >= 0.6 is 0 Å². The minimum atomic E-state index is -0.0459. The van der Waals surface area contributed by atoms with Crippen LogP contribution in [0.25, 0.3) is 0 Å². The zero-order valence-electron chi connectivity index (χ0n) is 14.8. The van der Waals surface area contributed by atoms with Gasteiger partial charge in [-0.1, -0.05) is 13.8 Å². The van der Waals surface area contributed by atoms with Gasteiger partial charge in [-0.15, -0.1) is 0 Å². The summed E-state index contributed by atoms with van der Waals surface area (Å²) >= 11 is 0. The summed E-state index contributed by atoms with van der Waals surface area (Å²) < 4.78 is 1.96. The van der Waals surface area contributed by atoms with Crippen LogP contribution in [0.1, 0.15) is 50.3 Å². The Labute approximate surface area is 138 Å². The molecule has 2 heterocycles. The molecule has 0 radical (unpaired) electrons. The highest BCUT2D eigenvalue weighted by molar-refractivity contribution is 5.93. The largest absolute Gasteiger partial charge is 0.354 e. The van der Waals surface area contributed by atoms with Gasteiger partial charge in [0.25, 0.3) is 5.91 Å². The quantitative estimate of drug-likeness (QED) is 0.898. The Bertz CT molecular complexity index is 577. The van der Waals surface area contributed by atoms with Crippen LogP contribution in [0.4, 0.5) is 0 Å². The first kappa shape index (κ1) is 17.5. The van der Waals surface area contributed by atoms with E-state index in [0.29, 0.717) is 31.1 Å². The number of carbonyl (C=O) groups excluding carboxylic acids is 2. The van der Waals surface area contributed by atoms with Crippen molar-refractivity contribution in [2.75, 3.05) is 13.6 Å². The van der Waals surface area contributed by atoms with Crippen molar-refractivity contribution in [2.45, 2.75) is 53.1 Å². The highest BCUT2D eigenvalue weighted by Gasteiger charge is 2.29. The molecule has 2 amide bonds. The molecule has 128 valence electrons. The zero-order valence-corrected chi connectivity index (χ0v) is 14.8. The van der Waals surface area contributed by atoms with Crippen molar-refractivity contribution in [3.63, 3.8) is 0 Å². The third-order valence-electron chi connectivity index (χ3n) is 4.08. The smallest absolute Gasteiger partial charge is 0.274 e. The molecule has 0 bridgehead atoms. The molecule has 0 fully saturated rings. The molecule has 0 aliphatic carbocycles. The Morgan fingerprint density at radius 2 is 2.09 bits per heavy atom. The summed E-state index contributed by atoms with van der Waals surface area (Å²) in [5, 5.41) is 2.96. The Morgan fingerprint density at radius 1 is 1.39 bits per heavy atom. The van der Waals surface area contributed by atoms with Crippen LogP contribution in [0, 0.1) is 11.8 Å². The van der Waals surface area contributed by atoms with E-state index in [1.165, 1.54) is 0 Å². The normalized spacial score (nSPS) is 17.3. The van der Waals surface area contributed by atoms with E-state index in [0.717, 1.165) is 12.1 Å². The summed E-state index contributed by atoms with van der Waals surface area (Å²) in [6.07, 6.45) is 3.17. The number of rotatable bonds is 5. The van der Waals surface area contributed by atoms with Crippen molar-refractivity contribution in [2.24, 2.45) is 11.8 Å². The van der Waals surface area contributed by atoms with Gasteiger partial charge in [0.15, 0.2) is 0 Å². The van der Waals surface area contributed by atoms with Crippen LogP contribution in [-0.4, -0.2) is 45.9 Å². The lowest BCUT2D eigenvalue weighted by molar-refractivity contribution is -0.126. The molecule has 1 aliphatic heterocycles. The Hall–Kier alpha value is -1.85. The Morgan fingerprint density at radius 3 is 2.70 bits per heavy atom. The van der Waals surface area contributed by atoms with Crippen LogP contribution in [0.3, 0.4) is 0 Å². The minimum absolute atomic E-state index is 0.0301. The molecule has 1 aromatic heterocycles. The number of imidazole rings is 1. The Kier molecular flexibility index (Phi) is 5.44. The topological polar surface area (TPSA) is 67.2 Å². The van der Waals surface area contributed by atoms with Crippen LogP contribution in [-0.2, 0) is 17.8 Å². The number of carbonyl (C=O) groups is 2. The average molecular weight is 320 g/mol. The van der Waals surface area contributed by atoms with Crippen molar-refractivity contribution in [1.82, 2.24) is 19.8 Å². The first-order valence-corrected chi connectivity index (χ1v) is 8.39. The summed E-state index contributed by atoms with van der Waals surface area (Å²) in [6, 6.07) is 0.147. The molecule has 1 N–H and O–H groups in total. The standard InChI is InChI=1S/C17H28N4O2/c1-11(2)8-20(5)17(23)15-14-7-6-13(9-21(14)10-18-15)16(22)19-12(3)4/h10-13H,6-9H2,1-5H3,(H,19,22).